The molecule has 31 heavy (non-hydrogen) atoms. The zero-order valence-electron chi connectivity index (χ0n) is 17.1. The number of nitrogens with zero attached hydrogens (tertiary/aromatic N) is 5. The third-order valence-corrected chi connectivity index (χ3v) is 6.24. The summed E-state index contributed by atoms with van der Waals surface area (Å²) in [5.41, 5.74) is 6.78. The van der Waals surface area contributed by atoms with Crippen molar-refractivity contribution >= 4 is 24.1 Å². The number of aromatic nitrogens is 4. The molecule has 2 aromatic rings. The predicted molar refractivity (Wildman–Crippen MR) is 110 cm³/mol. The van der Waals surface area contributed by atoms with Crippen LogP contribution in [0.15, 0.2) is 24.7 Å². The molecular formula is C20H25N7O4. The van der Waals surface area contributed by atoms with Crippen LogP contribution in [0.25, 0.3) is 0 Å². The number of carbonyl (C=O) groups is 2. The molecule has 3 saturated heterocycles. The van der Waals surface area contributed by atoms with E-state index >= 15 is 0 Å². The van der Waals surface area contributed by atoms with Gasteiger partial charge in [-0.05, 0) is 25.8 Å². The molecule has 4 N–H and O–H groups in total. The summed E-state index contributed by atoms with van der Waals surface area (Å²) in [5, 5.41) is 9.92. The molecule has 1 amide bonds. The standard InChI is InChI=1S/C19H23N7O2.CH2O2/c1-11-6-23-14(8-22-11)17(27)24-7-12-13-9-26(18-21-5-3-16(20)25-18)10-19(13)4-2-15(12)28-19;2-1-3/h3,5-6,8,12-13,15H,2,4,7,9-10H2,1H3,(H,24,27)(H2,20,21,25);1H,(H,2,3)/t12-,13+,15+,19+;/m0./s1. The number of aryl methyl sites for hydroxylation is 1. The van der Waals surface area contributed by atoms with Crippen molar-refractivity contribution in [1.29, 1.82) is 0 Å². The van der Waals surface area contributed by atoms with Gasteiger partial charge in [0.25, 0.3) is 12.4 Å². The molecule has 0 saturated carbocycles. The van der Waals surface area contributed by atoms with E-state index in [2.05, 4.69) is 30.2 Å². The fourth-order valence-corrected chi connectivity index (χ4v) is 4.94. The Kier molecular flexibility index (Phi) is 5.68. The fourth-order valence-electron chi connectivity index (χ4n) is 4.94. The molecule has 3 aliphatic rings. The number of fused-ring (bicyclic) bond motifs is 1. The van der Waals surface area contributed by atoms with E-state index in [1.807, 2.05) is 6.92 Å². The number of nitrogens with one attached hydrogen (secondary N) is 1. The van der Waals surface area contributed by atoms with Gasteiger partial charge in [-0.3, -0.25) is 14.6 Å². The monoisotopic (exact) mass is 427 g/mol. The maximum absolute atomic E-state index is 12.4. The molecule has 2 bridgehead atoms. The van der Waals surface area contributed by atoms with Gasteiger partial charge in [0.05, 0.1) is 30.1 Å². The SMILES string of the molecule is Cc1cnc(C(=O)NC[C@H]2[C@H]3CN(c4nccc(N)n4)C[C@]34CC[C@H]2O4)cn1.O=CO. The fraction of sp³-hybridized carbons (Fsp3) is 0.500. The molecule has 2 aromatic heterocycles. The van der Waals surface area contributed by atoms with Gasteiger partial charge in [0.15, 0.2) is 0 Å². The van der Waals surface area contributed by atoms with Gasteiger partial charge in [-0.15, -0.1) is 0 Å². The van der Waals surface area contributed by atoms with Crippen LogP contribution in [0.4, 0.5) is 11.8 Å². The number of carbonyl (C=O) groups excluding carboxylic acids is 1. The molecule has 164 valence electrons. The zero-order chi connectivity index (χ0) is 22.0. The topological polar surface area (TPSA) is 156 Å². The van der Waals surface area contributed by atoms with E-state index in [4.69, 9.17) is 20.4 Å². The maximum atomic E-state index is 12.4. The average molecular weight is 427 g/mol. The number of amides is 1. The van der Waals surface area contributed by atoms with Gasteiger partial charge in [-0.1, -0.05) is 0 Å². The van der Waals surface area contributed by atoms with Crippen molar-refractivity contribution in [2.45, 2.75) is 31.5 Å². The quantitative estimate of drug-likeness (QED) is 0.579. The van der Waals surface area contributed by atoms with Crippen molar-refractivity contribution in [1.82, 2.24) is 25.3 Å². The van der Waals surface area contributed by atoms with Crippen molar-refractivity contribution in [2.24, 2.45) is 11.8 Å². The van der Waals surface area contributed by atoms with Crippen molar-refractivity contribution in [3.05, 3.63) is 36.0 Å². The van der Waals surface area contributed by atoms with Gasteiger partial charge in [0, 0.05) is 37.3 Å². The van der Waals surface area contributed by atoms with Crippen LogP contribution in [0.3, 0.4) is 0 Å². The van der Waals surface area contributed by atoms with Crippen LogP contribution < -0.4 is 16.0 Å². The molecule has 3 fully saturated rings. The van der Waals surface area contributed by atoms with E-state index in [0.29, 0.717) is 29.9 Å². The molecule has 11 nitrogen and oxygen atoms in total. The van der Waals surface area contributed by atoms with Crippen molar-refractivity contribution in [2.75, 3.05) is 30.3 Å². The third-order valence-electron chi connectivity index (χ3n) is 6.24. The van der Waals surface area contributed by atoms with Gasteiger partial charge in [-0.25, -0.2) is 9.97 Å². The first-order valence-electron chi connectivity index (χ1n) is 10.1. The van der Waals surface area contributed by atoms with Gasteiger partial charge < -0.3 is 25.8 Å². The summed E-state index contributed by atoms with van der Waals surface area (Å²) in [5.74, 6) is 1.52. The molecule has 5 rings (SSSR count). The lowest BCUT2D eigenvalue weighted by Gasteiger charge is -2.29. The predicted octanol–water partition coefficient (Wildman–Crippen LogP) is 0.272. The molecule has 0 aliphatic carbocycles. The number of carboxylic acid groups (broad SMARTS) is 1. The maximum Gasteiger partial charge on any atom is 0.290 e. The second kappa shape index (κ2) is 8.42. The molecule has 11 heteroatoms. The Hall–Kier alpha value is -3.34. The minimum Gasteiger partial charge on any atom is -0.483 e. The van der Waals surface area contributed by atoms with Crippen LogP contribution in [-0.2, 0) is 9.53 Å². The molecule has 0 unspecified atom stereocenters. The van der Waals surface area contributed by atoms with Crippen molar-refractivity contribution < 1.29 is 19.4 Å². The van der Waals surface area contributed by atoms with Gasteiger partial charge >= 0.3 is 0 Å². The van der Waals surface area contributed by atoms with E-state index in [9.17, 15) is 4.79 Å². The summed E-state index contributed by atoms with van der Waals surface area (Å²) in [6, 6.07) is 1.69. The minimum absolute atomic E-state index is 0.169. The summed E-state index contributed by atoms with van der Waals surface area (Å²) in [6.45, 7) is 3.74. The Bertz CT molecular complexity index is 957. The second-order valence-corrected chi connectivity index (χ2v) is 8.05. The number of nitrogens with two attached hydrogens (primary N) is 1. The van der Waals surface area contributed by atoms with Crippen LogP contribution in [-0.4, -0.2) is 68.8 Å². The number of rotatable bonds is 4. The highest BCUT2D eigenvalue weighted by Gasteiger charge is 2.63. The Morgan fingerprint density at radius 1 is 1.42 bits per heavy atom. The first-order valence-corrected chi connectivity index (χ1v) is 10.1. The molecular weight excluding hydrogens is 402 g/mol. The third kappa shape index (κ3) is 4.00. The smallest absolute Gasteiger partial charge is 0.290 e. The summed E-state index contributed by atoms with van der Waals surface area (Å²) in [6.07, 6.45) is 7.05. The van der Waals surface area contributed by atoms with Gasteiger partial charge in [0.2, 0.25) is 5.95 Å². The first-order chi connectivity index (χ1) is 15.0. The van der Waals surface area contributed by atoms with Crippen LogP contribution in [0.2, 0.25) is 0 Å². The van der Waals surface area contributed by atoms with Crippen molar-refractivity contribution in [3.8, 4) is 0 Å². The van der Waals surface area contributed by atoms with Crippen molar-refractivity contribution in [3.63, 3.8) is 0 Å². The Balaban J connectivity index is 0.000000730. The summed E-state index contributed by atoms with van der Waals surface area (Å²) < 4.78 is 6.42. The minimum atomic E-state index is -0.250. The van der Waals surface area contributed by atoms with Gasteiger partial charge in [-0.2, -0.15) is 4.98 Å². The Labute approximate surface area is 179 Å². The Morgan fingerprint density at radius 3 is 2.94 bits per heavy atom. The summed E-state index contributed by atoms with van der Waals surface area (Å²) in [7, 11) is 0. The highest BCUT2D eigenvalue weighted by Crippen LogP contribution is 2.54. The molecule has 0 aromatic carbocycles. The second-order valence-electron chi connectivity index (χ2n) is 8.05. The number of anilines is 2. The highest BCUT2D eigenvalue weighted by molar-refractivity contribution is 5.91. The molecule has 0 radical (unpaired) electrons. The number of hydrogen-bond donors (Lipinski definition) is 3. The average Bonchev–Trinajstić information content (AvgIpc) is 3.42. The summed E-state index contributed by atoms with van der Waals surface area (Å²) in [4.78, 5) is 40.0. The van der Waals surface area contributed by atoms with Crippen LogP contribution in [0, 0.1) is 18.8 Å². The molecule has 3 aliphatic heterocycles. The first kappa shape index (κ1) is 20.9. The van der Waals surface area contributed by atoms with E-state index in [1.54, 1.807) is 18.5 Å². The molecule has 5 heterocycles. The Morgan fingerprint density at radius 2 is 2.23 bits per heavy atom. The van der Waals surface area contributed by atoms with Crippen LogP contribution in [0.1, 0.15) is 29.0 Å². The van der Waals surface area contributed by atoms with Crippen LogP contribution >= 0.6 is 0 Å². The lowest BCUT2D eigenvalue weighted by molar-refractivity contribution is -0.122. The lowest BCUT2D eigenvalue weighted by atomic mass is 9.73. The van der Waals surface area contributed by atoms with E-state index in [-0.39, 0.29) is 30.0 Å². The number of nitrogen functional groups attached to an aromatic ring is 1. The largest absolute Gasteiger partial charge is 0.483 e. The van der Waals surface area contributed by atoms with E-state index in [1.165, 1.54) is 6.20 Å². The highest BCUT2D eigenvalue weighted by atomic mass is 16.5. The number of hydrogen-bond acceptors (Lipinski definition) is 9. The van der Waals surface area contributed by atoms with E-state index in [0.717, 1.165) is 31.6 Å². The van der Waals surface area contributed by atoms with Crippen LogP contribution in [0.5, 0.6) is 0 Å². The molecule has 4 atom stereocenters. The normalized spacial score (nSPS) is 27.9. The lowest BCUT2D eigenvalue weighted by Crippen LogP contribution is -2.42. The summed E-state index contributed by atoms with van der Waals surface area (Å²) >= 11 is 0. The van der Waals surface area contributed by atoms with Gasteiger partial charge in [0.1, 0.15) is 11.5 Å². The molecule has 1 spiro atoms. The number of ether oxygens (including phenoxy) is 1. The zero-order valence-corrected chi connectivity index (χ0v) is 17.1. The van der Waals surface area contributed by atoms with E-state index < -0.39 is 0 Å².